The molecule has 0 spiro atoms. The summed E-state index contributed by atoms with van der Waals surface area (Å²) in [6.07, 6.45) is 27.2. The van der Waals surface area contributed by atoms with Crippen LogP contribution in [0.1, 0.15) is 128 Å². The van der Waals surface area contributed by atoms with E-state index in [0.29, 0.717) is 0 Å². The van der Waals surface area contributed by atoms with Gasteiger partial charge in [-0.05, 0) is 24.5 Å². The molecule has 1 aromatic rings. The Labute approximate surface area is 200 Å². The summed E-state index contributed by atoms with van der Waals surface area (Å²) in [7, 11) is 4.29. The second-order valence-electron chi connectivity index (χ2n) is 9.28. The largest absolute Gasteiger partial charge is 0.377 e. The number of unbranched alkanes of at least 4 members (excludes halogenated alkanes) is 17. The molecule has 0 saturated heterocycles. The molecular weight excluding hydrogens is 430 g/mol. The monoisotopic (exact) mass is 481 g/mol. The lowest BCUT2D eigenvalue weighted by Crippen LogP contribution is -2.11. The van der Waals surface area contributed by atoms with Gasteiger partial charge >= 0.3 is 0 Å². The van der Waals surface area contributed by atoms with Gasteiger partial charge in [0, 0.05) is 19.8 Å². The summed E-state index contributed by atoms with van der Waals surface area (Å²) in [6.45, 7) is 2.30. The van der Waals surface area contributed by atoms with Gasteiger partial charge in [0.05, 0.1) is 0 Å². The summed E-state index contributed by atoms with van der Waals surface area (Å²) < 4.78 is 0. The Hall–Kier alpha value is -0.500. The van der Waals surface area contributed by atoms with Crippen molar-refractivity contribution in [2.24, 2.45) is 0 Å². The zero-order chi connectivity index (χ0) is 21.0. The number of para-hydroxylation sites is 1. The first-order chi connectivity index (χ1) is 14.3. The Morgan fingerprint density at radius 3 is 1.30 bits per heavy atom. The van der Waals surface area contributed by atoms with Gasteiger partial charge in [-0.3, -0.25) is 0 Å². The van der Waals surface area contributed by atoms with Crippen molar-refractivity contribution in [1.29, 1.82) is 0 Å². The average Bonchev–Trinajstić information content (AvgIpc) is 2.73. The van der Waals surface area contributed by atoms with Crippen LogP contribution in [0.3, 0.4) is 0 Å². The van der Waals surface area contributed by atoms with Gasteiger partial charge in [-0.25, -0.2) is 0 Å². The lowest BCUT2D eigenvalue weighted by Gasteiger charge is -2.17. The molecule has 0 N–H and O–H groups in total. The van der Waals surface area contributed by atoms with Crippen LogP contribution in [0.25, 0.3) is 0 Å². The average molecular weight is 483 g/mol. The Kier molecular flexibility index (Phi) is 21.4. The topological polar surface area (TPSA) is 3.24 Å². The highest BCUT2D eigenvalue weighted by molar-refractivity contribution is 8.93. The predicted molar refractivity (Wildman–Crippen MR) is 144 cm³/mol. The Morgan fingerprint density at radius 1 is 0.533 bits per heavy atom. The fourth-order valence-corrected chi connectivity index (χ4v) is 4.38. The molecule has 0 bridgehead atoms. The molecule has 0 heterocycles. The van der Waals surface area contributed by atoms with Gasteiger partial charge in [0.2, 0.25) is 0 Å². The van der Waals surface area contributed by atoms with Gasteiger partial charge in [0.1, 0.15) is 0 Å². The summed E-state index contributed by atoms with van der Waals surface area (Å²) in [4.78, 5) is 2.24. The third-order valence-corrected chi connectivity index (χ3v) is 6.27. The van der Waals surface area contributed by atoms with Crippen LogP contribution >= 0.6 is 17.0 Å². The maximum atomic E-state index is 2.30. The van der Waals surface area contributed by atoms with E-state index in [1.54, 1.807) is 0 Å². The number of halogens is 1. The van der Waals surface area contributed by atoms with E-state index in [1.165, 1.54) is 133 Å². The second-order valence-corrected chi connectivity index (χ2v) is 9.28. The normalized spacial score (nSPS) is 10.8. The lowest BCUT2D eigenvalue weighted by molar-refractivity contribution is 0.525. The number of nitrogens with zero attached hydrogens (tertiary/aromatic N) is 1. The number of hydrogen-bond donors (Lipinski definition) is 0. The van der Waals surface area contributed by atoms with Crippen molar-refractivity contribution in [2.75, 3.05) is 19.0 Å². The third kappa shape index (κ3) is 16.2. The van der Waals surface area contributed by atoms with Crippen LogP contribution in [0.5, 0.6) is 0 Å². The maximum Gasteiger partial charge on any atom is 0.0393 e. The van der Waals surface area contributed by atoms with Crippen molar-refractivity contribution in [1.82, 2.24) is 0 Å². The van der Waals surface area contributed by atoms with E-state index in [1.807, 2.05) is 0 Å². The molecule has 30 heavy (non-hydrogen) atoms. The zero-order valence-corrected chi connectivity index (χ0v) is 22.3. The van der Waals surface area contributed by atoms with Gasteiger partial charge in [-0.2, -0.15) is 0 Å². The number of hydrogen-bond acceptors (Lipinski definition) is 1. The van der Waals surface area contributed by atoms with Crippen molar-refractivity contribution >= 4 is 22.7 Å². The van der Waals surface area contributed by atoms with Gasteiger partial charge < -0.3 is 4.90 Å². The van der Waals surface area contributed by atoms with Crippen molar-refractivity contribution in [3.63, 3.8) is 0 Å². The summed E-state index contributed by atoms with van der Waals surface area (Å²) >= 11 is 0. The van der Waals surface area contributed by atoms with E-state index < -0.39 is 0 Å². The van der Waals surface area contributed by atoms with Crippen molar-refractivity contribution < 1.29 is 0 Å². The number of anilines is 1. The van der Waals surface area contributed by atoms with Crippen molar-refractivity contribution in [3.8, 4) is 0 Å². The lowest BCUT2D eigenvalue weighted by atomic mass is 10.0. The zero-order valence-electron chi connectivity index (χ0n) is 20.6. The van der Waals surface area contributed by atoms with E-state index in [0.717, 1.165) is 0 Å². The third-order valence-electron chi connectivity index (χ3n) is 6.27. The first-order valence-corrected chi connectivity index (χ1v) is 13.0. The standard InChI is InChI=1S/C28H51N.BrH/c1-4-5-6-7-8-9-10-11-12-13-14-15-16-17-18-19-20-21-24-27-25-22-23-26-28(27)29(2)3;/h22-23,25-26H,4-21,24H2,1-3H3;1H. The SMILES string of the molecule is Br.CCCCCCCCCCCCCCCCCCCCc1ccccc1N(C)C. The fraction of sp³-hybridized carbons (Fsp3) is 0.786. The van der Waals surface area contributed by atoms with Crippen LogP contribution in [0.2, 0.25) is 0 Å². The highest BCUT2D eigenvalue weighted by Crippen LogP contribution is 2.21. The predicted octanol–water partition coefficient (Wildman–Crippen LogP) is 9.91. The molecule has 0 aliphatic heterocycles. The van der Waals surface area contributed by atoms with Crippen LogP contribution in [0, 0.1) is 0 Å². The summed E-state index contributed by atoms with van der Waals surface area (Å²) in [5.41, 5.74) is 2.90. The minimum absolute atomic E-state index is 0. The molecular formula is C28H52BrN. The quantitative estimate of drug-likeness (QED) is 0.167. The van der Waals surface area contributed by atoms with E-state index in [9.17, 15) is 0 Å². The van der Waals surface area contributed by atoms with Crippen molar-refractivity contribution in [2.45, 2.75) is 129 Å². The number of aryl methyl sites for hydroxylation is 1. The van der Waals surface area contributed by atoms with E-state index in [-0.39, 0.29) is 17.0 Å². The summed E-state index contributed by atoms with van der Waals surface area (Å²) in [6, 6.07) is 8.86. The Bertz CT molecular complexity index is 471. The molecule has 1 nitrogen and oxygen atoms in total. The van der Waals surface area contributed by atoms with E-state index in [2.05, 4.69) is 50.2 Å². The molecule has 176 valence electrons. The van der Waals surface area contributed by atoms with Crippen LogP contribution in [-0.2, 0) is 6.42 Å². The first-order valence-electron chi connectivity index (χ1n) is 13.0. The van der Waals surface area contributed by atoms with Crippen molar-refractivity contribution in [3.05, 3.63) is 29.8 Å². The molecule has 0 fully saturated rings. The smallest absolute Gasteiger partial charge is 0.0393 e. The minimum Gasteiger partial charge on any atom is -0.377 e. The highest BCUT2D eigenvalue weighted by atomic mass is 79.9. The van der Waals surface area contributed by atoms with Gasteiger partial charge in [0.25, 0.3) is 0 Å². The molecule has 1 rings (SSSR count). The summed E-state index contributed by atoms with van der Waals surface area (Å²) in [5.74, 6) is 0. The molecule has 0 aromatic heterocycles. The molecule has 0 aliphatic rings. The highest BCUT2D eigenvalue weighted by Gasteiger charge is 2.03. The Morgan fingerprint density at radius 2 is 0.900 bits per heavy atom. The Balaban J connectivity index is 0.00000841. The molecule has 2 heteroatoms. The van der Waals surface area contributed by atoms with Crippen LogP contribution < -0.4 is 4.90 Å². The fourth-order valence-electron chi connectivity index (χ4n) is 4.38. The van der Waals surface area contributed by atoms with E-state index in [4.69, 9.17) is 0 Å². The molecule has 0 unspecified atom stereocenters. The number of rotatable bonds is 20. The molecule has 0 saturated carbocycles. The molecule has 0 amide bonds. The molecule has 0 aliphatic carbocycles. The summed E-state index contributed by atoms with van der Waals surface area (Å²) in [5, 5.41) is 0. The molecule has 0 atom stereocenters. The van der Waals surface area contributed by atoms with Crippen LogP contribution in [-0.4, -0.2) is 14.1 Å². The van der Waals surface area contributed by atoms with Crippen LogP contribution in [0.4, 0.5) is 5.69 Å². The van der Waals surface area contributed by atoms with Gasteiger partial charge in [-0.15, -0.1) is 17.0 Å². The number of benzene rings is 1. The second kappa shape index (κ2) is 21.7. The van der Waals surface area contributed by atoms with E-state index >= 15 is 0 Å². The molecule has 1 aromatic carbocycles. The first kappa shape index (κ1) is 29.5. The van der Waals surface area contributed by atoms with Gasteiger partial charge in [-0.1, -0.05) is 134 Å². The molecule has 0 radical (unpaired) electrons. The minimum atomic E-state index is 0. The maximum absolute atomic E-state index is 2.30. The van der Waals surface area contributed by atoms with Crippen LogP contribution in [0.15, 0.2) is 24.3 Å². The van der Waals surface area contributed by atoms with Gasteiger partial charge in [0.15, 0.2) is 0 Å².